The zero-order chi connectivity index (χ0) is 9.19. The van der Waals surface area contributed by atoms with Crippen molar-refractivity contribution >= 4 is 38.4 Å². The fourth-order valence-corrected chi connectivity index (χ4v) is 1.45. The number of halogens is 1. The van der Waals surface area contributed by atoms with E-state index in [1.165, 1.54) is 0 Å². The summed E-state index contributed by atoms with van der Waals surface area (Å²) in [6.45, 7) is 0. The van der Waals surface area contributed by atoms with Gasteiger partial charge in [0.25, 0.3) is 0 Å². The van der Waals surface area contributed by atoms with Gasteiger partial charge in [0.05, 0.1) is 6.26 Å². The maximum Gasteiger partial charge on any atom is 0.230 e. The van der Waals surface area contributed by atoms with Crippen LogP contribution in [-0.4, -0.2) is 19.7 Å². The van der Waals surface area contributed by atoms with Gasteiger partial charge in [-0.3, -0.25) is 4.72 Å². The van der Waals surface area contributed by atoms with Crippen molar-refractivity contribution in [2.75, 3.05) is 11.0 Å². The molecule has 0 aromatic carbocycles. The fourth-order valence-electron chi connectivity index (χ4n) is 0.626. The average Bonchev–Trinajstić information content (AvgIpc) is 1.91. The van der Waals surface area contributed by atoms with Crippen LogP contribution >= 0.6 is 22.6 Å². The Labute approximate surface area is 84.6 Å². The number of anilines is 1. The number of aromatic nitrogens is 1. The van der Waals surface area contributed by atoms with E-state index in [4.69, 9.17) is 0 Å². The van der Waals surface area contributed by atoms with Crippen LogP contribution in [-0.2, 0) is 10.0 Å². The van der Waals surface area contributed by atoms with E-state index in [2.05, 4.69) is 32.3 Å². The third-order valence-electron chi connectivity index (χ3n) is 1.02. The monoisotopic (exact) mass is 298 g/mol. The Balaban J connectivity index is 2.85. The molecule has 1 heterocycles. The first-order valence-corrected chi connectivity index (χ1v) is 6.04. The highest BCUT2D eigenvalue weighted by Gasteiger charge is 2.01. The maximum atomic E-state index is 10.7. The lowest BCUT2D eigenvalue weighted by molar-refractivity contribution is 0.606. The van der Waals surface area contributed by atoms with Crippen LogP contribution in [0.4, 0.5) is 5.82 Å². The topological polar surface area (TPSA) is 59.1 Å². The molecular formula is C6H7IN2O2S. The third kappa shape index (κ3) is 3.35. The van der Waals surface area contributed by atoms with Crippen LogP contribution in [0.3, 0.4) is 0 Å². The Bertz CT molecular complexity index is 360. The van der Waals surface area contributed by atoms with E-state index in [1.54, 1.807) is 18.3 Å². The Morgan fingerprint density at radius 3 is 2.58 bits per heavy atom. The van der Waals surface area contributed by atoms with Gasteiger partial charge in [-0.2, -0.15) is 0 Å². The standard InChI is InChI=1S/C6H7IN2O2S/c1-12(10,11)9-6-3-2-5(7)4-8-6/h2-4H,1H3,(H,8,9). The number of nitrogens with zero attached hydrogens (tertiary/aromatic N) is 1. The molecule has 1 aromatic heterocycles. The molecule has 0 spiro atoms. The number of sulfonamides is 1. The Morgan fingerprint density at radius 1 is 1.50 bits per heavy atom. The summed E-state index contributed by atoms with van der Waals surface area (Å²) in [7, 11) is -3.20. The van der Waals surface area contributed by atoms with Crippen molar-refractivity contribution in [3.05, 3.63) is 21.9 Å². The minimum Gasteiger partial charge on any atom is -0.268 e. The van der Waals surface area contributed by atoms with Crippen LogP contribution in [0.5, 0.6) is 0 Å². The van der Waals surface area contributed by atoms with E-state index in [9.17, 15) is 8.42 Å². The highest BCUT2D eigenvalue weighted by Crippen LogP contribution is 2.07. The molecule has 0 unspecified atom stereocenters. The largest absolute Gasteiger partial charge is 0.268 e. The van der Waals surface area contributed by atoms with Gasteiger partial charge in [-0.15, -0.1) is 0 Å². The summed E-state index contributed by atoms with van der Waals surface area (Å²) in [5.74, 6) is 0.345. The van der Waals surface area contributed by atoms with E-state index in [0.29, 0.717) is 5.82 Å². The van der Waals surface area contributed by atoms with Gasteiger partial charge in [0.2, 0.25) is 10.0 Å². The molecule has 0 fully saturated rings. The van der Waals surface area contributed by atoms with Crippen molar-refractivity contribution < 1.29 is 8.42 Å². The number of hydrogen-bond acceptors (Lipinski definition) is 3. The zero-order valence-corrected chi connectivity index (χ0v) is 9.26. The van der Waals surface area contributed by atoms with E-state index < -0.39 is 10.0 Å². The summed E-state index contributed by atoms with van der Waals surface area (Å²) >= 11 is 2.09. The molecule has 1 aromatic rings. The Kier molecular flexibility index (Phi) is 2.89. The third-order valence-corrected chi connectivity index (χ3v) is 2.24. The average molecular weight is 298 g/mol. The van der Waals surface area contributed by atoms with Gasteiger partial charge in [-0.25, -0.2) is 13.4 Å². The first-order valence-electron chi connectivity index (χ1n) is 3.07. The molecule has 66 valence electrons. The SMILES string of the molecule is CS(=O)(=O)Nc1ccc(I)cn1. The van der Waals surface area contributed by atoms with Crippen molar-refractivity contribution in [3.63, 3.8) is 0 Å². The first-order chi connectivity index (χ1) is 5.47. The lowest BCUT2D eigenvalue weighted by Gasteiger charge is -2.00. The van der Waals surface area contributed by atoms with Crippen molar-refractivity contribution in [1.29, 1.82) is 0 Å². The predicted molar refractivity (Wildman–Crippen MR) is 55.4 cm³/mol. The predicted octanol–water partition coefficient (Wildman–Crippen LogP) is 1.06. The molecule has 0 bridgehead atoms. The molecule has 1 rings (SSSR count). The second-order valence-corrected chi connectivity index (χ2v) is 5.23. The highest BCUT2D eigenvalue weighted by molar-refractivity contribution is 14.1. The molecule has 6 heteroatoms. The summed E-state index contributed by atoms with van der Waals surface area (Å²) in [5, 5.41) is 0. The minimum atomic E-state index is -3.20. The number of hydrogen-bond donors (Lipinski definition) is 1. The van der Waals surface area contributed by atoms with Gasteiger partial charge in [0, 0.05) is 9.77 Å². The van der Waals surface area contributed by atoms with Crippen LogP contribution < -0.4 is 4.72 Å². The van der Waals surface area contributed by atoms with Crippen LogP contribution in [0.15, 0.2) is 18.3 Å². The van der Waals surface area contributed by atoms with Crippen LogP contribution in [0, 0.1) is 3.57 Å². The molecule has 4 nitrogen and oxygen atoms in total. The van der Waals surface area contributed by atoms with E-state index >= 15 is 0 Å². The lowest BCUT2D eigenvalue weighted by Crippen LogP contribution is -2.10. The normalized spacial score (nSPS) is 11.2. The molecule has 1 N–H and O–H groups in total. The molecule has 0 saturated heterocycles. The van der Waals surface area contributed by atoms with Crippen LogP contribution in [0.2, 0.25) is 0 Å². The van der Waals surface area contributed by atoms with Crippen LogP contribution in [0.1, 0.15) is 0 Å². The van der Waals surface area contributed by atoms with Crippen molar-refractivity contribution in [3.8, 4) is 0 Å². The van der Waals surface area contributed by atoms with Crippen molar-refractivity contribution in [2.45, 2.75) is 0 Å². The summed E-state index contributed by atoms with van der Waals surface area (Å²) in [6.07, 6.45) is 2.68. The van der Waals surface area contributed by atoms with E-state index in [1.807, 2.05) is 0 Å². The van der Waals surface area contributed by atoms with Gasteiger partial charge in [-0.05, 0) is 34.7 Å². The Hall–Kier alpha value is -0.370. The molecule has 0 aliphatic carbocycles. The molecule has 0 radical (unpaired) electrons. The minimum absolute atomic E-state index is 0.345. The summed E-state index contributed by atoms with van der Waals surface area (Å²) in [5.41, 5.74) is 0. The second kappa shape index (κ2) is 3.56. The number of rotatable bonds is 2. The van der Waals surface area contributed by atoms with Gasteiger partial charge in [0.15, 0.2) is 0 Å². The van der Waals surface area contributed by atoms with Gasteiger partial charge in [-0.1, -0.05) is 0 Å². The number of pyridine rings is 1. The lowest BCUT2D eigenvalue weighted by atomic mass is 10.5. The van der Waals surface area contributed by atoms with E-state index in [-0.39, 0.29) is 0 Å². The molecule has 0 saturated carbocycles. The smallest absolute Gasteiger partial charge is 0.230 e. The van der Waals surface area contributed by atoms with Crippen molar-refractivity contribution in [2.24, 2.45) is 0 Å². The molecule has 0 atom stereocenters. The summed E-state index contributed by atoms with van der Waals surface area (Å²) in [6, 6.07) is 3.39. The number of nitrogens with one attached hydrogen (secondary N) is 1. The Morgan fingerprint density at radius 2 is 2.17 bits per heavy atom. The molecular weight excluding hydrogens is 291 g/mol. The summed E-state index contributed by atoms with van der Waals surface area (Å²) < 4.78 is 24.7. The van der Waals surface area contributed by atoms with Gasteiger partial charge in [0.1, 0.15) is 5.82 Å². The maximum absolute atomic E-state index is 10.7. The first kappa shape index (κ1) is 9.72. The van der Waals surface area contributed by atoms with Gasteiger partial charge < -0.3 is 0 Å². The van der Waals surface area contributed by atoms with Gasteiger partial charge >= 0.3 is 0 Å². The molecule has 0 aliphatic heterocycles. The fraction of sp³-hybridized carbons (Fsp3) is 0.167. The molecule has 0 amide bonds. The quantitative estimate of drug-likeness (QED) is 0.831. The summed E-state index contributed by atoms with van der Waals surface area (Å²) in [4.78, 5) is 3.87. The highest BCUT2D eigenvalue weighted by atomic mass is 127. The zero-order valence-electron chi connectivity index (χ0n) is 6.28. The van der Waals surface area contributed by atoms with Crippen LogP contribution in [0.25, 0.3) is 0 Å². The second-order valence-electron chi connectivity index (χ2n) is 2.24. The molecule has 0 aliphatic rings. The van der Waals surface area contributed by atoms with E-state index in [0.717, 1.165) is 9.83 Å². The van der Waals surface area contributed by atoms with Crippen molar-refractivity contribution in [1.82, 2.24) is 4.98 Å². The molecule has 12 heavy (non-hydrogen) atoms.